The molecule has 22 heavy (non-hydrogen) atoms. The zero-order valence-electron chi connectivity index (χ0n) is 12.0. The Morgan fingerprint density at radius 3 is 2.64 bits per heavy atom. The highest BCUT2D eigenvalue weighted by atomic mass is 16.4. The monoisotopic (exact) mass is 298 g/mol. The van der Waals surface area contributed by atoms with Gasteiger partial charge in [0.1, 0.15) is 5.70 Å². The molecule has 0 amide bonds. The van der Waals surface area contributed by atoms with E-state index in [1.54, 1.807) is 12.3 Å². The van der Waals surface area contributed by atoms with Gasteiger partial charge in [-0.3, -0.25) is 0 Å². The summed E-state index contributed by atoms with van der Waals surface area (Å²) in [6, 6.07) is 10.1. The van der Waals surface area contributed by atoms with Gasteiger partial charge in [0.15, 0.2) is 0 Å². The molecule has 6 heteroatoms. The van der Waals surface area contributed by atoms with Crippen molar-refractivity contribution >= 4 is 5.97 Å². The fraction of sp³-hybridized carbons (Fsp3) is 0.188. The maximum Gasteiger partial charge on any atom is 0.353 e. The van der Waals surface area contributed by atoms with Crippen molar-refractivity contribution < 1.29 is 9.90 Å². The summed E-state index contributed by atoms with van der Waals surface area (Å²) in [6.07, 6.45) is 8.85. The molecule has 114 valence electrons. The van der Waals surface area contributed by atoms with Gasteiger partial charge in [-0.2, -0.15) is 0 Å². The zero-order valence-corrected chi connectivity index (χ0v) is 12.0. The zero-order chi connectivity index (χ0) is 15.4. The van der Waals surface area contributed by atoms with Crippen LogP contribution in [0.4, 0.5) is 0 Å². The summed E-state index contributed by atoms with van der Waals surface area (Å²) in [5.74, 6) is -0.972. The molecule has 0 spiro atoms. The number of aliphatic carboxylic acids is 1. The molecule has 2 heterocycles. The van der Waals surface area contributed by atoms with E-state index >= 15 is 0 Å². The Hall–Kier alpha value is -2.73. The number of hydrogen-bond acceptors (Lipinski definition) is 5. The first kappa shape index (κ1) is 14.2. The first-order chi connectivity index (χ1) is 10.7. The molecule has 1 aromatic carbocycles. The molecule has 2 aliphatic heterocycles. The summed E-state index contributed by atoms with van der Waals surface area (Å²) in [7, 11) is 0. The van der Waals surface area contributed by atoms with Gasteiger partial charge in [0.05, 0.1) is 5.54 Å². The van der Waals surface area contributed by atoms with Crippen LogP contribution in [0.25, 0.3) is 0 Å². The smallest absolute Gasteiger partial charge is 0.353 e. The molecule has 0 saturated heterocycles. The molecule has 5 N–H and O–H groups in total. The van der Waals surface area contributed by atoms with Gasteiger partial charge in [0.2, 0.25) is 0 Å². The van der Waals surface area contributed by atoms with Crippen molar-refractivity contribution in [3.8, 4) is 0 Å². The molecule has 0 aromatic heterocycles. The Kier molecular flexibility index (Phi) is 3.84. The Labute approximate surface area is 128 Å². The van der Waals surface area contributed by atoms with Crippen LogP contribution in [0.2, 0.25) is 0 Å². The van der Waals surface area contributed by atoms with E-state index in [0.717, 1.165) is 18.4 Å². The first-order valence-corrected chi connectivity index (χ1v) is 7.11. The minimum Gasteiger partial charge on any atom is -0.477 e. The number of carbonyl (C=O) groups is 1. The lowest BCUT2D eigenvalue weighted by atomic mass is 9.84. The molecule has 0 aliphatic carbocycles. The minimum atomic E-state index is -0.972. The number of carboxylic acid groups (broad SMARTS) is 1. The van der Waals surface area contributed by atoms with Crippen LogP contribution in [0.15, 0.2) is 66.2 Å². The molecule has 0 saturated carbocycles. The van der Waals surface area contributed by atoms with Gasteiger partial charge in [0.25, 0.3) is 0 Å². The van der Waals surface area contributed by atoms with Crippen LogP contribution in [0, 0.1) is 0 Å². The fourth-order valence-corrected chi connectivity index (χ4v) is 2.66. The second-order valence-corrected chi connectivity index (χ2v) is 5.29. The van der Waals surface area contributed by atoms with E-state index in [0.29, 0.717) is 0 Å². The molecule has 1 unspecified atom stereocenters. The number of hydrogen-bond donors (Lipinski definition) is 5. The number of nitrogens with one attached hydrogen (secondary N) is 4. The third-order valence-corrected chi connectivity index (χ3v) is 3.86. The Morgan fingerprint density at radius 2 is 2.00 bits per heavy atom. The van der Waals surface area contributed by atoms with Crippen molar-refractivity contribution in [3.05, 3.63) is 71.7 Å². The van der Waals surface area contributed by atoms with Gasteiger partial charge in [-0.1, -0.05) is 30.3 Å². The fourth-order valence-electron chi connectivity index (χ4n) is 2.66. The predicted molar refractivity (Wildman–Crippen MR) is 83.0 cm³/mol. The Bertz CT molecular complexity index is 651. The molecule has 1 aromatic rings. The lowest BCUT2D eigenvalue weighted by Gasteiger charge is -2.30. The van der Waals surface area contributed by atoms with E-state index in [1.807, 2.05) is 30.5 Å². The van der Waals surface area contributed by atoms with E-state index in [9.17, 15) is 9.90 Å². The second-order valence-electron chi connectivity index (χ2n) is 5.29. The molecule has 6 nitrogen and oxygen atoms in total. The highest BCUT2D eigenvalue weighted by Crippen LogP contribution is 2.30. The third kappa shape index (κ3) is 2.82. The lowest BCUT2D eigenvalue weighted by Crippen LogP contribution is -2.48. The summed E-state index contributed by atoms with van der Waals surface area (Å²) < 4.78 is 0. The molecule has 3 rings (SSSR count). The number of benzene rings is 1. The van der Waals surface area contributed by atoms with Crippen molar-refractivity contribution in [2.45, 2.75) is 18.4 Å². The van der Waals surface area contributed by atoms with Gasteiger partial charge < -0.3 is 21.4 Å². The first-order valence-electron chi connectivity index (χ1n) is 7.11. The van der Waals surface area contributed by atoms with Crippen LogP contribution in [-0.4, -0.2) is 16.6 Å². The van der Waals surface area contributed by atoms with Crippen LogP contribution in [-0.2, 0) is 11.2 Å². The lowest BCUT2D eigenvalue weighted by molar-refractivity contribution is -0.133. The Morgan fingerprint density at radius 1 is 1.18 bits per heavy atom. The maximum absolute atomic E-state index is 11.2. The average Bonchev–Trinajstić information content (AvgIpc) is 3.01. The maximum atomic E-state index is 11.2. The third-order valence-electron chi connectivity index (χ3n) is 3.86. The SMILES string of the molecule is O=C(O)C1=CC(CCc2ccccc2)(C2=CNNC=C2)NN1. The predicted octanol–water partition coefficient (Wildman–Crippen LogP) is 0.940. The highest BCUT2D eigenvalue weighted by molar-refractivity contribution is 5.87. The van der Waals surface area contributed by atoms with Crippen LogP contribution < -0.4 is 21.7 Å². The van der Waals surface area contributed by atoms with Crippen LogP contribution in [0.5, 0.6) is 0 Å². The number of aryl methyl sites for hydroxylation is 1. The summed E-state index contributed by atoms with van der Waals surface area (Å²) in [4.78, 5) is 11.2. The molecule has 1 atom stereocenters. The van der Waals surface area contributed by atoms with Crippen molar-refractivity contribution in [2.24, 2.45) is 0 Å². The van der Waals surface area contributed by atoms with Gasteiger partial charge in [0, 0.05) is 12.4 Å². The second kappa shape index (κ2) is 5.95. The van der Waals surface area contributed by atoms with E-state index in [-0.39, 0.29) is 5.70 Å². The molecular weight excluding hydrogens is 280 g/mol. The average molecular weight is 298 g/mol. The van der Waals surface area contributed by atoms with Crippen LogP contribution >= 0.6 is 0 Å². The van der Waals surface area contributed by atoms with Crippen LogP contribution in [0.1, 0.15) is 12.0 Å². The van der Waals surface area contributed by atoms with E-state index in [1.165, 1.54) is 5.56 Å². The normalized spacial score (nSPS) is 22.9. The van der Waals surface area contributed by atoms with Crippen LogP contribution in [0.3, 0.4) is 0 Å². The molecule has 0 radical (unpaired) electrons. The van der Waals surface area contributed by atoms with Gasteiger partial charge in [-0.15, -0.1) is 0 Å². The highest BCUT2D eigenvalue weighted by Gasteiger charge is 2.37. The number of hydrazine groups is 2. The standard InChI is InChI=1S/C16H18N4O2/c21-15(22)14-10-16(20-19-14,13-7-9-17-18-11-13)8-6-12-4-2-1-3-5-12/h1-5,7,9-11,17-20H,6,8H2,(H,21,22). The van der Waals surface area contributed by atoms with Gasteiger partial charge >= 0.3 is 5.97 Å². The summed E-state index contributed by atoms with van der Waals surface area (Å²) in [6.45, 7) is 0. The van der Waals surface area contributed by atoms with Crippen molar-refractivity contribution in [1.82, 2.24) is 21.7 Å². The van der Waals surface area contributed by atoms with E-state index < -0.39 is 11.5 Å². The van der Waals surface area contributed by atoms with E-state index in [4.69, 9.17) is 0 Å². The van der Waals surface area contributed by atoms with Crippen molar-refractivity contribution in [3.63, 3.8) is 0 Å². The van der Waals surface area contributed by atoms with Gasteiger partial charge in [-0.25, -0.2) is 10.2 Å². The van der Waals surface area contributed by atoms with Crippen molar-refractivity contribution in [1.29, 1.82) is 0 Å². The Balaban J connectivity index is 1.86. The molecular formula is C16H18N4O2. The quantitative estimate of drug-likeness (QED) is 0.556. The molecule has 2 aliphatic rings. The van der Waals surface area contributed by atoms with E-state index in [2.05, 4.69) is 33.8 Å². The van der Waals surface area contributed by atoms with Crippen molar-refractivity contribution in [2.75, 3.05) is 0 Å². The minimum absolute atomic E-state index is 0.167. The topological polar surface area (TPSA) is 85.4 Å². The molecule has 0 fully saturated rings. The summed E-state index contributed by atoms with van der Waals surface area (Å²) >= 11 is 0. The summed E-state index contributed by atoms with van der Waals surface area (Å²) in [5, 5.41) is 9.19. The number of rotatable bonds is 5. The largest absolute Gasteiger partial charge is 0.477 e. The number of carboxylic acids is 1. The van der Waals surface area contributed by atoms with Gasteiger partial charge in [-0.05, 0) is 36.1 Å². The molecule has 0 bridgehead atoms. The summed E-state index contributed by atoms with van der Waals surface area (Å²) in [5.41, 5.74) is 13.5.